The van der Waals surface area contributed by atoms with Crippen LogP contribution in [0.3, 0.4) is 0 Å². The van der Waals surface area contributed by atoms with E-state index in [1.165, 1.54) is 39.7 Å². The van der Waals surface area contributed by atoms with Crippen LogP contribution in [0.15, 0.2) is 47.4 Å². The highest BCUT2D eigenvalue weighted by Crippen LogP contribution is 2.24. The molecule has 1 heterocycles. The van der Waals surface area contributed by atoms with Crippen molar-refractivity contribution >= 4 is 21.8 Å². The van der Waals surface area contributed by atoms with E-state index in [1.807, 2.05) is 26.0 Å². The molecule has 2 aromatic carbocycles. The van der Waals surface area contributed by atoms with E-state index in [-0.39, 0.29) is 48.1 Å². The Hall–Kier alpha value is -2.55. The molecule has 32 heavy (non-hydrogen) atoms. The van der Waals surface area contributed by atoms with Gasteiger partial charge >= 0.3 is 5.97 Å². The fourth-order valence-electron chi connectivity index (χ4n) is 4.28. The van der Waals surface area contributed by atoms with Crippen LogP contribution in [0.2, 0.25) is 0 Å². The second-order valence-electron chi connectivity index (χ2n) is 8.44. The summed E-state index contributed by atoms with van der Waals surface area (Å²) in [6.07, 6.45) is 2.72. The number of fused-ring (bicyclic) bond motifs is 1. The van der Waals surface area contributed by atoms with E-state index in [0.717, 1.165) is 19.3 Å². The number of sulfonamides is 1. The lowest BCUT2D eigenvalue weighted by molar-refractivity contribution is -0.0440. The average Bonchev–Trinajstić information content (AvgIpc) is 3.24. The van der Waals surface area contributed by atoms with Gasteiger partial charge in [-0.05, 0) is 74.6 Å². The van der Waals surface area contributed by atoms with Crippen LogP contribution in [-0.2, 0) is 32.3 Å². The van der Waals surface area contributed by atoms with Gasteiger partial charge in [0.25, 0.3) is 0 Å². The summed E-state index contributed by atoms with van der Waals surface area (Å²) < 4.78 is 38.0. The number of rotatable bonds is 6. The first-order chi connectivity index (χ1) is 15.2. The predicted molar refractivity (Wildman–Crippen MR) is 118 cm³/mol. The molecular weight excluding hydrogens is 430 g/mol. The van der Waals surface area contributed by atoms with Crippen molar-refractivity contribution in [1.29, 1.82) is 0 Å². The van der Waals surface area contributed by atoms with Crippen LogP contribution in [0.4, 0.5) is 0 Å². The number of hydrogen-bond acceptors (Lipinski definition) is 6. The molecule has 2 aromatic rings. The number of ketones is 1. The van der Waals surface area contributed by atoms with Crippen molar-refractivity contribution in [2.45, 2.75) is 50.2 Å². The van der Waals surface area contributed by atoms with Gasteiger partial charge in [0.2, 0.25) is 10.0 Å². The number of aryl methyl sites for hydroxylation is 2. The summed E-state index contributed by atoms with van der Waals surface area (Å²) in [5, 5.41) is 0. The summed E-state index contributed by atoms with van der Waals surface area (Å²) in [6.45, 7) is 3.87. The van der Waals surface area contributed by atoms with Crippen LogP contribution in [0.25, 0.3) is 0 Å². The molecule has 0 amide bonds. The van der Waals surface area contributed by atoms with Crippen LogP contribution in [0.5, 0.6) is 0 Å². The number of morpholine rings is 1. The number of carbonyl (C=O) groups excluding carboxylic acids is 2. The predicted octanol–water partition coefficient (Wildman–Crippen LogP) is 3.01. The van der Waals surface area contributed by atoms with Crippen molar-refractivity contribution in [3.8, 4) is 0 Å². The molecule has 0 N–H and O–H groups in total. The first-order valence-corrected chi connectivity index (χ1v) is 12.3. The van der Waals surface area contributed by atoms with Gasteiger partial charge in [-0.1, -0.05) is 12.1 Å². The molecule has 0 saturated carbocycles. The van der Waals surface area contributed by atoms with Gasteiger partial charge in [0.1, 0.15) is 0 Å². The summed E-state index contributed by atoms with van der Waals surface area (Å²) in [6, 6.07) is 11.2. The molecule has 2 aliphatic rings. The van der Waals surface area contributed by atoms with E-state index >= 15 is 0 Å². The van der Waals surface area contributed by atoms with Crippen molar-refractivity contribution in [1.82, 2.24) is 4.31 Å². The van der Waals surface area contributed by atoms with Crippen LogP contribution >= 0.6 is 0 Å². The topological polar surface area (TPSA) is 90.0 Å². The molecule has 2 unspecified atom stereocenters. The van der Waals surface area contributed by atoms with Crippen molar-refractivity contribution in [2.24, 2.45) is 0 Å². The molecule has 8 heteroatoms. The zero-order chi connectivity index (χ0) is 22.9. The van der Waals surface area contributed by atoms with Gasteiger partial charge in [0, 0.05) is 18.7 Å². The minimum Gasteiger partial charge on any atom is -0.454 e. The Balaban J connectivity index is 1.38. The molecule has 1 fully saturated rings. The first-order valence-electron chi connectivity index (χ1n) is 10.8. The standard InChI is InChI=1S/C24H27NO6S/c1-16-13-25(14-17(2)31-16)32(28,29)22-10-8-19(9-11-22)24(27)30-15-23(26)21-7-6-18-4-3-5-20(18)12-21/h6-12,16-17H,3-5,13-15H2,1-2H3. The smallest absolute Gasteiger partial charge is 0.338 e. The molecule has 0 aromatic heterocycles. The maximum absolute atomic E-state index is 12.9. The van der Waals surface area contributed by atoms with E-state index in [9.17, 15) is 18.0 Å². The molecule has 7 nitrogen and oxygen atoms in total. The fourth-order valence-corrected chi connectivity index (χ4v) is 5.87. The van der Waals surface area contributed by atoms with Crippen LogP contribution < -0.4 is 0 Å². The maximum Gasteiger partial charge on any atom is 0.338 e. The molecule has 4 rings (SSSR count). The monoisotopic (exact) mass is 457 g/mol. The lowest BCUT2D eigenvalue weighted by atomic mass is 10.0. The number of esters is 1. The number of ether oxygens (including phenoxy) is 2. The third-order valence-electron chi connectivity index (χ3n) is 5.87. The van der Waals surface area contributed by atoms with Crippen molar-refractivity contribution in [3.63, 3.8) is 0 Å². The summed E-state index contributed by atoms with van der Waals surface area (Å²) >= 11 is 0. The summed E-state index contributed by atoms with van der Waals surface area (Å²) in [5.74, 6) is -0.931. The normalized spacial score (nSPS) is 21.2. The highest BCUT2D eigenvalue weighted by molar-refractivity contribution is 7.89. The summed E-state index contributed by atoms with van der Waals surface area (Å²) in [4.78, 5) is 24.9. The molecule has 0 bridgehead atoms. The molecule has 1 saturated heterocycles. The van der Waals surface area contributed by atoms with E-state index in [2.05, 4.69) is 0 Å². The molecule has 1 aliphatic carbocycles. The van der Waals surface area contributed by atoms with Gasteiger partial charge in [0.15, 0.2) is 12.4 Å². The number of Topliss-reactive ketones (excluding diaryl/α,β-unsaturated/α-hetero) is 1. The molecular formula is C24H27NO6S. The van der Waals surface area contributed by atoms with Gasteiger partial charge in [-0.15, -0.1) is 0 Å². The number of nitrogens with zero attached hydrogens (tertiary/aromatic N) is 1. The van der Waals surface area contributed by atoms with E-state index in [0.29, 0.717) is 5.56 Å². The summed E-state index contributed by atoms with van der Waals surface area (Å²) in [7, 11) is -3.69. The fraction of sp³-hybridized carbons (Fsp3) is 0.417. The Kier molecular flexibility index (Phi) is 6.46. The minimum absolute atomic E-state index is 0.101. The van der Waals surface area contributed by atoms with Gasteiger partial charge in [-0.3, -0.25) is 4.79 Å². The number of carbonyl (C=O) groups is 2. The summed E-state index contributed by atoms with van der Waals surface area (Å²) in [5.41, 5.74) is 3.18. The molecule has 170 valence electrons. The average molecular weight is 458 g/mol. The van der Waals surface area contributed by atoms with Crippen molar-refractivity contribution < 1.29 is 27.5 Å². The quantitative estimate of drug-likeness (QED) is 0.489. The Morgan fingerprint density at radius 3 is 2.28 bits per heavy atom. The number of hydrogen-bond donors (Lipinski definition) is 0. The largest absolute Gasteiger partial charge is 0.454 e. The van der Waals surface area contributed by atoms with E-state index in [1.54, 1.807) is 6.07 Å². The molecule has 0 spiro atoms. The molecule has 2 atom stereocenters. The lowest BCUT2D eigenvalue weighted by Gasteiger charge is -2.34. The zero-order valence-electron chi connectivity index (χ0n) is 18.2. The highest BCUT2D eigenvalue weighted by Gasteiger charge is 2.32. The van der Waals surface area contributed by atoms with Crippen molar-refractivity contribution in [3.05, 3.63) is 64.7 Å². The van der Waals surface area contributed by atoms with Gasteiger partial charge in [-0.25, -0.2) is 13.2 Å². The third kappa shape index (κ3) is 4.77. The molecule has 0 radical (unpaired) electrons. The zero-order valence-corrected chi connectivity index (χ0v) is 19.1. The van der Waals surface area contributed by atoms with Crippen molar-refractivity contribution in [2.75, 3.05) is 19.7 Å². The van der Waals surface area contributed by atoms with E-state index in [4.69, 9.17) is 9.47 Å². The van der Waals surface area contributed by atoms with Gasteiger partial charge in [0.05, 0.1) is 22.7 Å². The van der Waals surface area contributed by atoms with E-state index < -0.39 is 16.0 Å². The highest BCUT2D eigenvalue weighted by atomic mass is 32.2. The van der Waals surface area contributed by atoms with Crippen LogP contribution in [-0.4, -0.2) is 56.4 Å². The Bertz CT molecular complexity index is 1120. The lowest BCUT2D eigenvalue weighted by Crippen LogP contribution is -2.48. The molecule has 1 aliphatic heterocycles. The van der Waals surface area contributed by atoms with Gasteiger partial charge < -0.3 is 9.47 Å². The third-order valence-corrected chi connectivity index (χ3v) is 7.71. The second kappa shape index (κ2) is 9.13. The minimum atomic E-state index is -3.69. The van der Waals surface area contributed by atoms with Crippen LogP contribution in [0.1, 0.15) is 52.1 Å². The van der Waals surface area contributed by atoms with Gasteiger partial charge in [-0.2, -0.15) is 4.31 Å². The second-order valence-corrected chi connectivity index (χ2v) is 10.4. The maximum atomic E-state index is 12.9. The Labute approximate surface area is 188 Å². The van der Waals surface area contributed by atoms with Crippen LogP contribution in [0, 0.1) is 0 Å². The SMILES string of the molecule is CC1CN(S(=O)(=O)c2ccc(C(=O)OCC(=O)c3ccc4c(c3)CCC4)cc2)CC(C)O1. The first kappa shape index (κ1) is 22.6. The Morgan fingerprint density at radius 2 is 1.59 bits per heavy atom. The number of benzene rings is 2. The Morgan fingerprint density at radius 1 is 0.969 bits per heavy atom.